The first-order chi connectivity index (χ1) is 15.9. The number of unbranched alkanes of at least 4 members (excludes halogenated alkanes) is 1. The first-order valence-electron chi connectivity index (χ1n) is 11.3. The van der Waals surface area contributed by atoms with Crippen LogP contribution in [-0.2, 0) is 21.8 Å². The van der Waals surface area contributed by atoms with Gasteiger partial charge < -0.3 is 0 Å². The second kappa shape index (κ2) is 12.7. The van der Waals surface area contributed by atoms with Crippen molar-refractivity contribution in [2.45, 2.75) is 66.0 Å². The van der Waals surface area contributed by atoms with Crippen LogP contribution in [0.4, 0.5) is 0 Å². The van der Waals surface area contributed by atoms with Gasteiger partial charge in [0.2, 0.25) is 0 Å². The van der Waals surface area contributed by atoms with Crippen molar-refractivity contribution in [2.24, 2.45) is 0 Å². The summed E-state index contributed by atoms with van der Waals surface area (Å²) in [7, 11) is -2.60. The quantitative estimate of drug-likeness (QED) is 0.318. The minimum Gasteiger partial charge on any atom is -0.249 e. The Morgan fingerprint density at radius 2 is 1.42 bits per heavy atom. The molecule has 0 aromatic heterocycles. The van der Waals surface area contributed by atoms with Gasteiger partial charge in [0.25, 0.3) is 0 Å². The van der Waals surface area contributed by atoms with Crippen LogP contribution in [0.25, 0.3) is 0 Å². The Hall–Kier alpha value is -1.73. The van der Waals surface area contributed by atoms with Gasteiger partial charge in [-0.25, -0.2) is 13.1 Å². The monoisotopic (exact) mass is 499 g/mol. The summed E-state index contributed by atoms with van der Waals surface area (Å²) < 4.78 is 30.1. The zero-order valence-electron chi connectivity index (χ0n) is 19.7. The lowest BCUT2D eigenvalue weighted by Crippen LogP contribution is -2.35. The minimum atomic E-state index is -1.32. The Morgan fingerprint density at radius 3 is 2.00 bits per heavy atom. The van der Waals surface area contributed by atoms with E-state index in [1.807, 2.05) is 80.6 Å². The van der Waals surface area contributed by atoms with E-state index >= 15 is 0 Å². The Balaban J connectivity index is 1.93. The van der Waals surface area contributed by atoms with Gasteiger partial charge in [-0.2, -0.15) is 11.8 Å². The molecule has 0 aliphatic heterocycles. The van der Waals surface area contributed by atoms with Crippen molar-refractivity contribution < 1.29 is 8.42 Å². The summed E-state index contributed by atoms with van der Waals surface area (Å²) in [5, 5.41) is 0.0246. The molecule has 0 saturated carbocycles. The summed E-state index contributed by atoms with van der Waals surface area (Å²) >= 11 is 1.72. The molecule has 3 aromatic rings. The molecule has 0 heterocycles. The number of aryl methyl sites for hydroxylation is 2. The molecule has 33 heavy (non-hydrogen) atoms. The van der Waals surface area contributed by atoms with E-state index in [0.29, 0.717) is 0 Å². The fourth-order valence-corrected chi connectivity index (χ4v) is 7.19. The topological polar surface area (TPSA) is 46.2 Å². The lowest BCUT2D eigenvalue weighted by Gasteiger charge is -2.28. The van der Waals surface area contributed by atoms with E-state index in [-0.39, 0.29) is 11.3 Å². The first-order valence-corrected chi connectivity index (χ1v) is 14.9. The van der Waals surface area contributed by atoms with Crippen LogP contribution in [-0.4, -0.2) is 20.7 Å². The van der Waals surface area contributed by atoms with Crippen LogP contribution in [0.5, 0.6) is 0 Å². The van der Waals surface area contributed by atoms with Gasteiger partial charge in [-0.3, -0.25) is 0 Å². The molecule has 0 unspecified atom stereocenters. The van der Waals surface area contributed by atoms with E-state index in [4.69, 9.17) is 0 Å². The Morgan fingerprint density at radius 1 is 0.848 bits per heavy atom. The third-order valence-corrected chi connectivity index (χ3v) is 9.42. The number of rotatable bonds is 11. The van der Waals surface area contributed by atoms with Crippen molar-refractivity contribution in [2.75, 3.05) is 6.26 Å². The highest BCUT2D eigenvalue weighted by molar-refractivity contribution is 7.99. The fourth-order valence-electron chi connectivity index (χ4n) is 3.74. The molecule has 1 N–H and O–H groups in total. The van der Waals surface area contributed by atoms with Crippen molar-refractivity contribution in [3.63, 3.8) is 0 Å². The van der Waals surface area contributed by atoms with Crippen molar-refractivity contribution in [3.05, 3.63) is 89.5 Å². The van der Waals surface area contributed by atoms with Crippen molar-refractivity contribution in [1.29, 1.82) is 0 Å². The Bertz CT molecular complexity index is 1080. The lowest BCUT2D eigenvalue weighted by atomic mass is 10.0. The Labute approximate surface area is 207 Å². The third-order valence-electron chi connectivity index (χ3n) is 5.64. The van der Waals surface area contributed by atoms with Gasteiger partial charge in [0.15, 0.2) is 0 Å². The number of nitrogens with one attached hydrogen (secondary N) is 1. The smallest absolute Gasteiger partial charge is 0.125 e. The van der Waals surface area contributed by atoms with E-state index in [2.05, 4.69) is 24.0 Å². The highest BCUT2D eigenvalue weighted by Gasteiger charge is 2.27. The summed E-state index contributed by atoms with van der Waals surface area (Å²) in [5.41, 5.74) is 3.33. The molecule has 0 bridgehead atoms. The van der Waals surface area contributed by atoms with E-state index in [1.165, 1.54) is 0 Å². The van der Waals surface area contributed by atoms with Gasteiger partial charge >= 0.3 is 0 Å². The SMILES string of the molecule is CCCC[C@@H](N[S@@](=O)c1ccc(C)cc1)[C@@H](SC)c1ccccc1[S@@](=O)c1ccc(C)cc1. The highest BCUT2D eigenvalue weighted by atomic mass is 32.2. The molecule has 0 fully saturated rings. The van der Waals surface area contributed by atoms with E-state index in [9.17, 15) is 8.42 Å². The molecule has 3 nitrogen and oxygen atoms in total. The number of thioether (sulfide) groups is 1. The van der Waals surface area contributed by atoms with Crippen LogP contribution in [0.1, 0.15) is 48.1 Å². The fraction of sp³-hybridized carbons (Fsp3) is 0.333. The van der Waals surface area contributed by atoms with Crippen molar-refractivity contribution in [1.82, 2.24) is 4.72 Å². The maximum absolute atomic E-state index is 13.5. The molecular formula is C27H33NO2S3. The van der Waals surface area contributed by atoms with Gasteiger partial charge in [-0.1, -0.05) is 73.4 Å². The van der Waals surface area contributed by atoms with Crippen molar-refractivity contribution in [3.8, 4) is 0 Å². The van der Waals surface area contributed by atoms with E-state index < -0.39 is 21.8 Å². The maximum Gasteiger partial charge on any atom is 0.125 e. The predicted octanol–water partition coefficient (Wildman–Crippen LogP) is 6.75. The highest BCUT2D eigenvalue weighted by Crippen LogP contribution is 2.37. The molecule has 4 atom stereocenters. The van der Waals surface area contributed by atoms with Crippen LogP contribution < -0.4 is 4.72 Å². The molecule has 176 valence electrons. The molecule has 6 heteroatoms. The Kier molecular flexibility index (Phi) is 9.93. The summed E-state index contributed by atoms with van der Waals surface area (Å²) in [4.78, 5) is 2.40. The second-order valence-electron chi connectivity index (χ2n) is 8.22. The molecule has 3 rings (SSSR count). The van der Waals surface area contributed by atoms with Crippen LogP contribution in [0.15, 0.2) is 87.5 Å². The summed E-state index contributed by atoms with van der Waals surface area (Å²) in [6, 6.07) is 23.7. The van der Waals surface area contributed by atoms with E-state index in [0.717, 1.165) is 50.6 Å². The number of hydrogen-bond acceptors (Lipinski definition) is 3. The minimum absolute atomic E-state index is 0.0155. The van der Waals surface area contributed by atoms with Crippen LogP contribution in [0.2, 0.25) is 0 Å². The molecule has 0 aliphatic carbocycles. The maximum atomic E-state index is 13.5. The zero-order valence-corrected chi connectivity index (χ0v) is 22.2. The molecular weight excluding hydrogens is 467 g/mol. The zero-order chi connectivity index (χ0) is 23.8. The predicted molar refractivity (Wildman–Crippen MR) is 143 cm³/mol. The average molecular weight is 500 g/mol. The third kappa shape index (κ3) is 6.89. The number of benzene rings is 3. The van der Waals surface area contributed by atoms with Crippen LogP contribution >= 0.6 is 11.8 Å². The summed E-state index contributed by atoms with van der Waals surface area (Å²) in [6.07, 6.45) is 5.06. The molecule has 0 radical (unpaired) electrons. The van der Waals surface area contributed by atoms with E-state index in [1.54, 1.807) is 11.8 Å². The van der Waals surface area contributed by atoms with Crippen LogP contribution in [0, 0.1) is 13.8 Å². The molecule has 0 saturated heterocycles. The number of hydrogen-bond donors (Lipinski definition) is 1. The van der Waals surface area contributed by atoms with Gasteiger partial charge in [-0.15, -0.1) is 0 Å². The van der Waals surface area contributed by atoms with Gasteiger partial charge in [0.1, 0.15) is 11.0 Å². The van der Waals surface area contributed by atoms with Crippen molar-refractivity contribution >= 4 is 33.5 Å². The lowest BCUT2D eigenvalue weighted by molar-refractivity contribution is 0.524. The largest absolute Gasteiger partial charge is 0.249 e. The average Bonchev–Trinajstić information content (AvgIpc) is 2.83. The standard InChI is InChI=1S/C27H33NO2S3/c1-5-6-10-25(28-33(30)23-18-14-21(3)15-19-23)27(31-4)24-9-7-8-11-26(24)32(29)22-16-12-20(2)13-17-22/h7-9,11-19,25,27-28H,5-6,10H2,1-4H3/t25-,27+,32+,33+/m1/s1. The van der Waals surface area contributed by atoms with Crippen LogP contribution in [0.3, 0.4) is 0 Å². The van der Waals surface area contributed by atoms with Gasteiger partial charge in [-0.05, 0) is 62.4 Å². The molecule has 0 aliphatic rings. The second-order valence-corrected chi connectivity index (χ2v) is 11.9. The first kappa shape index (κ1) is 25.9. The summed E-state index contributed by atoms with van der Waals surface area (Å²) in [6.45, 7) is 6.23. The van der Waals surface area contributed by atoms with Gasteiger partial charge in [0.05, 0.1) is 15.7 Å². The summed E-state index contributed by atoms with van der Waals surface area (Å²) in [5.74, 6) is 0. The molecule has 0 amide bonds. The molecule has 0 spiro atoms. The van der Waals surface area contributed by atoms with Gasteiger partial charge in [0, 0.05) is 21.1 Å². The molecule has 3 aromatic carbocycles. The normalized spacial score (nSPS) is 15.0.